The molecule has 10 heteroatoms. The molecule has 4 rings (SSSR count). The summed E-state index contributed by atoms with van der Waals surface area (Å²) < 4.78 is 27.8. The fourth-order valence-corrected chi connectivity index (χ4v) is 3.22. The third-order valence-electron chi connectivity index (χ3n) is 3.72. The SMILES string of the molecule is O=C(CSc1ncnc2c1nnn2-c1ccc(F)cc1)Nc1cccc(F)c1. The van der Waals surface area contributed by atoms with Gasteiger partial charge in [-0.3, -0.25) is 4.79 Å². The highest BCUT2D eigenvalue weighted by Crippen LogP contribution is 2.24. The van der Waals surface area contributed by atoms with Gasteiger partial charge in [-0.2, -0.15) is 4.68 Å². The van der Waals surface area contributed by atoms with Crippen LogP contribution in [-0.4, -0.2) is 36.6 Å². The van der Waals surface area contributed by atoms with Crippen LogP contribution in [0.1, 0.15) is 0 Å². The topological polar surface area (TPSA) is 85.6 Å². The molecule has 1 N–H and O–H groups in total. The Hall–Kier alpha value is -3.40. The van der Waals surface area contributed by atoms with E-state index in [0.717, 1.165) is 11.8 Å². The van der Waals surface area contributed by atoms with E-state index in [4.69, 9.17) is 0 Å². The fraction of sp³-hybridized carbons (Fsp3) is 0.0556. The number of carbonyl (C=O) groups excluding carboxylic acids is 1. The van der Waals surface area contributed by atoms with E-state index in [9.17, 15) is 13.6 Å². The highest BCUT2D eigenvalue weighted by Gasteiger charge is 2.15. The van der Waals surface area contributed by atoms with Crippen molar-refractivity contribution in [2.24, 2.45) is 0 Å². The minimum absolute atomic E-state index is 0.0477. The van der Waals surface area contributed by atoms with E-state index >= 15 is 0 Å². The highest BCUT2D eigenvalue weighted by molar-refractivity contribution is 8.00. The van der Waals surface area contributed by atoms with Crippen LogP contribution in [0.4, 0.5) is 14.5 Å². The molecular formula is C18H12F2N6OS. The van der Waals surface area contributed by atoms with Crippen LogP contribution in [0.2, 0.25) is 0 Å². The quantitative estimate of drug-likeness (QED) is 0.410. The molecule has 0 aliphatic heterocycles. The molecule has 0 spiro atoms. The molecule has 0 saturated carbocycles. The van der Waals surface area contributed by atoms with Gasteiger partial charge in [-0.05, 0) is 42.5 Å². The van der Waals surface area contributed by atoms with Gasteiger partial charge in [0.25, 0.3) is 0 Å². The molecule has 2 aromatic heterocycles. The number of fused-ring (bicyclic) bond motifs is 1. The largest absolute Gasteiger partial charge is 0.325 e. The maximum absolute atomic E-state index is 13.2. The maximum atomic E-state index is 13.2. The molecule has 2 heterocycles. The maximum Gasteiger partial charge on any atom is 0.234 e. The molecule has 0 unspecified atom stereocenters. The number of nitrogens with zero attached hydrogens (tertiary/aromatic N) is 5. The van der Waals surface area contributed by atoms with Gasteiger partial charge < -0.3 is 5.32 Å². The molecule has 0 aliphatic rings. The van der Waals surface area contributed by atoms with Crippen LogP contribution in [0.15, 0.2) is 59.9 Å². The summed E-state index contributed by atoms with van der Waals surface area (Å²) in [5, 5.41) is 11.2. The molecule has 0 fully saturated rings. The van der Waals surface area contributed by atoms with Crippen molar-refractivity contribution in [3.63, 3.8) is 0 Å². The Bertz CT molecular complexity index is 1150. The molecule has 0 atom stereocenters. The zero-order valence-electron chi connectivity index (χ0n) is 14.2. The minimum Gasteiger partial charge on any atom is -0.325 e. The summed E-state index contributed by atoms with van der Waals surface area (Å²) in [7, 11) is 0. The molecule has 28 heavy (non-hydrogen) atoms. The number of amides is 1. The number of aromatic nitrogens is 5. The summed E-state index contributed by atoms with van der Waals surface area (Å²) in [5.41, 5.74) is 1.84. The molecular weight excluding hydrogens is 386 g/mol. The van der Waals surface area contributed by atoms with Crippen LogP contribution in [0.25, 0.3) is 16.9 Å². The third kappa shape index (κ3) is 3.81. The Morgan fingerprint density at radius 1 is 1.07 bits per heavy atom. The van der Waals surface area contributed by atoms with Gasteiger partial charge in [0, 0.05) is 5.69 Å². The van der Waals surface area contributed by atoms with Gasteiger partial charge >= 0.3 is 0 Å². The molecule has 0 saturated heterocycles. The summed E-state index contributed by atoms with van der Waals surface area (Å²) in [6.07, 6.45) is 1.35. The summed E-state index contributed by atoms with van der Waals surface area (Å²) >= 11 is 1.16. The zero-order chi connectivity index (χ0) is 19.5. The molecule has 7 nitrogen and oxygen atoms in total. The predicted molar refractivity (Wildman–Crippen MR) is 100 cm³/mol. The third-order valence-corrected chi connectivity index (χ3v) is 4.70. The van der Waals surface area contributed by atoms with Crippen LogP contribution in [0.5, 0.6) is 0 Å². The standard InChI is InChI=1S/C18H12F2N6OS/c19-11-4-6-14(7-5-11)26-17-16(24-25-26)18(22-10-21-17)28-9-15(27)23-13-3-1-2-12(20)8-13/h1-8,10H,9H2,(H,23,27). The first-order chi connectivity index (χ1) is 13.6. The Labute approximate surface area is 161 Å². The second kappa shape index (κ2) is 7.69. The number of carbonyl (C=O) groups is 1. The molecule has 2 aromatic carbocycles. The Morgan fingerprint density at radius 3 is 2.68 bits per heavy atom. The van der Waals surface area contributed by atoms with Gasteiger partial charge in [0.2, 0.25) is 5.91 Å². The van der Waals surface area contributed by atoms with Gasteiger partial charge in [-0.1, -0.05) is 23.0 Å². The minimum atomic E-state index is -0.430. The van der Waals surface area contributed by atoms with Crippen molar-refractivity contribution >= 4 is 34.5 Å². The second-order valence-electron chi connectivity index (χ2n) is 5.68. The van der Waals surface area contributed by atoms with E-state index in [1.807, 2.05) is 0 Å². The lowest BCUT2D eigenvalue weighted by molar-refractivity contribution is -0.113. The average Bonchev–Trinajstić information content (AvgIpc) is 3.12. The van der Waals surface area contributed by atoms with Crippen LogP contribution in [-0.2, 0) is 4.79 Å². The zero-order valence-corrected chi connectivity index (χ0v) is 15.0. The average molecular weight is 398 g/mol. The van der Waals surface area contributed by atoms with E-state index in [-0.39, 0.29) is 17.5 Å². The number of hydrogen-bond acceptors (Lipinski definition) is 6. The number of hydrogen-bond donors (Lipinski definition) is 1. The number of anilines is 1. The van der Waals surface area contributed by atoms with Crippen molar-refractivity contribution in [3.8, 4) is 5.69 Å². The molecule has 0 radical (unpaired) electrons. The van der Waals surface area contributed by atoms with Crippen molar-refractivity contribution in [2.75, 3.05) is 11.1 Å². The molecule has 0 bridgehead atoms. The summed E-state index contributed by atoms with van der Waals surface area (Å²) in [5.74, 6) is -1.05. The van der Waals surface area contributed by atoms with Gasteiger partial charge in [0.1, 0.15) is 23.0 Å². The number of nitrogens with one attached hydrogen (secondary N) is 1. The van der Waals surface area contributed by atoms with Crippen LogP contribution in [0, 0.1) is 11.6 Å². The molecule has 1 amide bonds. The van der Waals surface area contributed by atoms with Crippen LogP contribution >= 0.6 is 11.8 Å². The van der Waals surface area contributed by atoms with Crippen molar-refractivity contribution in [1.82, 2.24) is 25.0 Å². The second-order valence-corrected chi connectivity index (χ2v) is 6.64. The van der Waals surface area contributed by atoms with Gasteiger partial charge in [0.05, 0.1) is 11.4 Å². The number of rotatable bonds is 5. The van der Waals surface area contributed by atoms with E-state index in [1.165, 1.54) is 41.3 Å². The van der Waals surface area contributed by atoms with E-state index in [2.05, 4.69) is 25.6 Å². The number of thioether (sulfide) groups is 1. The first kappa shape index (κ1) is 18.0. The van der Waals surface area contributed by atoms with Crippen molar-refractivity contribution in [3.05, 3.63) is 66.5 Å². The van der Waals surface area contributed by atoms with E-state index in [0.29, 0.717) is 27.6 Å². The normalized spacial score (nSPS) is 10.9. The molecule has 0 aliphatic carbocycles. The van der Waals surface area contributed by atoms with Gasteiger partial charge in [0.15, 0.2) is 11.2 Å². The monoisotopic (exact) mass is 398 g/mol. The lowest BCUT2D eigenvalue weighted by Crippen LogP contribution is -2.14. The fourth-order valence-electron chi connectivity index (χ4n) is 2.49. The Balaban J connectivity index is 1.51. The first-order valence-electron chi connectivity index (χ1n) is 8.11. The van der Waals surface area contributed by atoms with E-state index in [1.54, 1.807) is 18.2 Å². The Morgan fingerprint density at radius 2 is 1.89 bits per heavy atom. The van der Waals surface area contributed by atoms with Crippen molar-refractivity contribution in [2.45, 2.75) is 5.03 Å². The van der Waals surface area contributed by atoms with Crippen LogP contribution in [0.3, 0.4) is 0 Å². The van der Waals surface area contributed by atoms with Crippen molar-refractivity contribution < 1.29 is 13.6 Å². The summed E-state index contributed by atoms with van der Waals surface area (Å²) in [6.45, 7) is 0. The predicted octanol–water partition coefficient (Wildman–Crippen LogP) is 3.22. The lowest BCUT2D eigenvalue weighted by Gasteiger charge is -2.05. The smallest absolute Gasteiger partial charge is 0.234 e. The molecule has 140 valence electrons. The highest BCUT2D eigenvalue weighted by atomic mass is 32.2. The molecule has 4 aromatic rings. The summed E-state index contributed by atoms with van der Waals surface area (Å²) in [6, 6.07) is 11.4. The Kier molecular flexibility index (Phi) is 4.94. The summed E-state index contributed by atoms with van der Waals surface area (Å²) in [4.78, 5) is 20.5. The number of halogens is 2. The number of benzene rings is 2. The first-order valence-corrected chi connectivity index (χ1v) is 9.09. The van der Waals surface area contributed by atoms with E-state index < -0.39 is 5.82 Å². The van der Waals surface area contributed by atoms with Gasteiger partial charge in [-0.15, -0.1) is 5.10 Å². The lowest BCUT2D eigenvalue weighted by atomic mass is 10.3. The van der Waals surface area contributed by atoms with Crippen molar-refractivity contribution in [1.29, 1.82) is 0 Å². The van der Waals surface area contributed by atoms with Gasteiger partial charge in [-0.25, -0.2) is 18.7 Å². The van der Waals surface area contributed by atoms with Crippen LogP contribution < -0.4 is 5.32 Å².